The maximum absolute atomic E-state index is 12.5. The fourth-order valence-electron chi connectivity index (χ4n) is 3.86. The van der Waals surface area contributed by atoms with Crippen molar-refractivity contribution in [2.45, 2.75) is 12.3 Å². The molecule has 0 radical (unpaired) electrons. The zero-order chi connectivity index (χ0) is 19.0. The molecule has 1 heterocycles. The van der Waals surface area contributed by atoms with E-state index in [-0.39, 0.29) is 11.8 Å². The highest BCUT2D eigenvalue weighted by molar-refractivity contribution is 5.98. The van der Waals surface area contributed by atoms with Gasteiger partial charge in [0, 0.05) is 29.7 Å². The van der Waals surface area contributed by atoms with E-state index in [1.54, 1.807) is 21.3 Å². The van der Waals surface area contributed by atoms with Crippen LogP contribution in [-0.4, -0.2) is 27.2 Å². The molecular formula is C22H21NO4. The molecule has 27 heavy (non-hydrogen) atoms. The molecule has 0 saturated heterocycles. The van der Waals surface area contributed by atoms with E-state index in [4.69, 9.17) is 14.2 Å². The van der Waals surface area contributed by atoms with Gasteiger partial charge in [0.05, 0.1) is 21.3 Å². The minimum absolute atomic E-state index is 0.0327. The van der Waals surface area contributed by atoms with Gasteiger partial charge < -0.3 is 19.5 Å². The van der Waals surface area contributed by atoms with Gasteiger partial charge >= 0.3 is 0 Å². The van der Waals surface area contributed by atoms with Crippen molar-refractivity contribution in [3.63, 3.8) is 0 Å². The van der Waals surface area contributed by atoms with Crippen molar-refractivity contribution in [3.05, 3.63) is 59.7 Å². The Morgan fingerprint density at radius 2 is 1.59 bits per heavy atom. The lowest BCUT2D eigenvalue weighted by Crippen LogP contribution is -2.24. The second-order valence-corrected chi connectivity index (χ2v) is 6.50. The normalized spacial score (nSPS) is 15.8. The first kappa shape index (κ1) is 17.2. The van der Waals surface area contributed by atoms with Crippen LogP contribution in [0, 0.1) is 0 Å². The van der Waals surface area contributed by atoms with Crippen molar-refractivity contribution in [1.82, 2.24) is 0 Å². The minimum Gasteiger partial charge on any atom is -0.496 e. The fourth-order valence-corrected chi connectivity index (χ4v) is 3.86. The molecule has 1 N–H and O–H groups in total. The summed E-state index contributed by atoms with van der Waals surface area (Å²) >= 11 is 0. The second kappa shape index (κ2) is 6.83. The van der Waals surface area contributed by atoms with Crippen LogP contribution in [0.2, 0.25) is 0 Å². The van der Waals surface area contributed by atoms with Gasteiger partial charge in [0.15, 0.2) is 11.5 Å². The number of rotatable bonds is 4. The van der Waals surface area contributed by atoms with E-state index in [1.165, 1.54) is 0 Å². The number of nitrogens with one attached hydrogen (secondary N) is 1. The largest absolute Gasteiger partial charge is 0.496 e. The summed E-state index contributed by atoms with van der Waals surface area (Å²) in [4.78, 5) is 12.5. The third-order valence-electron chi connectivity index (χ3n) is 5.09. The van der Waals surface area contributed by atoms with E-state index in [2.05, 4.69) is 17.4 Å². The van der Waals surface area contributed by atoms with Crippen LogP contribution in [0.5, 0.6) is 17.2 Å². The Morgan fingerprint density at radius 1 is 0.889 bits per heavy atom. The summed E-state index contributed by atoms with van der Waals surface area (Å²) in [6.07, 6.45) is 0.340. The predicted octanol–water partition coefficient (Wildman–Crippen LogP) is 4.34. The van der Waals surface area contributed by atoms with Crippen molar-refractivity contribution in [1.29, 1.82) is 0 Å². The minimum atomic E-state index is -0.144. The monoisotopic (exact) mass is 363 g/mol. The molecule has 1 amide bonds. The zero-order valence-electron chi connectivity index (χ0n) is 15.5. The first-order chi connectivity index (χ1) is 13.2. The molecule has 1 unspecified atom stereocenters. The first-order valence-electron chi connectivity index (χ1n) is 8.77. The molecule has 5 heteroatoms. The molecule has 0 bridgehead atoms. The molecule has 3 aromatic carbocycles. The Hall–Kier alpha value is -3.21. The topological polar surface area (TPSA) is 56.8 Å². The molecule has 4 rings (SSSR count). The van der Waals surface area contributed by atoms with Crippen LogP contribution >= 0.6 is 0 Å². The van der Waals surface area contributed by atoms with Gasteiger partial charge in [-0.15, -0.1) is 0 Å². The average Bonchev–Trinajstić information content (AvgIpc) is 2.71. The molecular weight excluding hydrogens is 342 g/mol. The first-order valence-corrected chi connectivity index (χ1v) is 8.77. The van der Waals surface area contributed by atoms with Gasteiger partial charge in [-0.25, -0.2) is 0 Å². The Bertz CT molecular complexity index is 1030. The third kappa shape index (κ3) is 2.85. The third-order valence-corrected chi connectivity index (χ3v) is 5.09. The number of hydrogen-bond acceptors (Lipinski definition) is 4. The lowest BCUT2D eigenvalue weighted by Gasteiger charge is -2.29. The molecule has 0 spiro atoms. The van der Waals surface area contributed by atoms with Crippen LogP contribution in [-0.2, 0) is 4.79 Å². The van der Waals surface area contributed by atoms with Crippen molar-refractivity contribution in [2.75, 3.05) is 26.6 Å². The van der Waals surface area contributed by atoms with Crippen LogP contribution in [0.1, 0.15) is 23.5 Å². The smallest absolute Gasteiger partial charge is 0.225 e. The zero-order valence-corrected chi connectivity index (χ0v) is 15.5. The van der Waals surface area contributed by atoms with E-state index in [0.29, 0.717) is 17.9 Å². The number of anilines is 1. The van der Waals surface area contributed by atoms with Crippen LogP contribution in [0.15, 0.2) is 48.5 Å². The summed E-state index contributed by atoms with van der Waals surface area (Å²) in [6.45, 7) is 0. The van der Waals surface area contributed by atoms with Crippen molar-refractivity contribution >= 4 is 22.4 Å². The fraction of sp³-hybridized carbons (Fsp3) is 0.227. The van der Waals surface area contributed by atoms with E-state index >= 15 is 0 Å². The number of carbonyl (C=O) groups excluding carboxylic acids is 1. The van der Waals surface area contributed by atoms with Crippen LogP contribution in [0.3, 0.4) is 0 Å². The number of hydrogen-bond donors (Lipinski definition) is 1. The molecule has 138 valence electrons. The number of amides is 1. The van der Waals surface area contributed by atoms with E-state index in [9.17, 15) is 4.79 Å². The Morgan fingerprint density at radius 3 is 2.33 bits per heavy atom. The Kier molecular flexibility index (Phi) is 4.36. The number of carbonyl (C=O) groups is 1. The molecule has 5 nitrogen and oxygen atoms in total. The Labute approximate surface area is 157 Å². The number of methoxy groups -OCH3 is 3. The SMILES string of the molecule is COc1cc2c(cc1OC)C(c1c(OC)ccc3ccccc13)CC(=O)N2. The van der Waals surface area contributed by atoms with Gasteiger partial charge in [0.1, 0.15) is 5.75 Å². The van der Waals surface area contributed by atoms with Gasteiger partial charge in [-0.3, -0.25) is 4.79 Å². The van der Waals surface area contributed by atoms with Crippen LogP contribution in [0.25, 0.3) is 10.8 Å². The summed E-state index contributed by atoms with van der Waals surface area (Å²) < 4.78 is 16.6. The number of ether oxygens (including phenoxy) is 3. The lowest BCUT2D eigenvalue weighted by molar-refractivity contribution is -0.116. The number of benzene rings is 3. The molecule has 0 aliphatic carbocycles. The predicted molar refractivity (Wildman–Crippen MR) is 105 cm³/mol. The average molecular weight is 363 g/mol. The van der Waals surface area contributed by atoms with E-state index in [0.717, 1.165) is 33.3 Å². The second-order valence-electron chi connectivity index (χ2n) is 6.50. The highest BCUT2D eigenvalue weighted by atomic mass is 16.5. The van der Waals surface area contributed by atoms with Crippen molar-refractivity contribution in [3.8, 4) is 17.2 Å². The van der Waals surface area contributed by atoms with Gasteiger partial charge in [0.25, 0.3) is 0 Å². The quantitative estimate of drug-likeness (QED) is 0.749. The maximum atomic E-state index is 12.5. The summed E-state index contributed by atoms with van der Waals surface area (Å²) in [5, 5.41) is 5.15. The van der Waals surface area contributed by atoms with Gasteiger partial charge in [-0.1, -0.05) is 30.3 Å². The summed E-state index contributed by atoms with van der Waals surface area (Å²) in [5.41, 5.74) is 2.74. The van der Waals surface area contributed by atoms with E-state index in [1.807, 2.05) is 36.4 Å². The molecule has 1 aliphatic rings. The Balaban J connectivity index is 1.99. The molecule has 0 fully saturated rings. The number of fused-ring (bicyclic) bond motifs is 2. The molecule has 0 aromatic heterocycles. The van der Waals surface area contributed by atoms with Gasteiger partial charge in [0.2, 0.25) is 5.91 Å². The summed E-state index contributed by atoms with van der Waals surface area (Å²) in [5.74, 6) is 1.82. The van der Waals surface area contributed by atoms with Gasteiger partial charge in [-0.05, 0) is 28.5 Å². The van der Waals surface area contributed by atoms with Crippen molar-refractivity contribution < 1.29 is 19.0 Å². The molecule has 1 atom stereocenters. The van der Waals surface area contributed by atoms with Crippen LogP contribution < -0.4 is 19.5 Å². The van der Waals surface area contributed by atoms with Crippen LogP contribution in [0.4, 0.5) is 5.69 Å². The lowest BCUT2D eigenvalue weighted by atomic mass is 9.81. The standard InChI is InChI=1S/C22H21NO4/c1-25-18-9-8-13-6-4-5-7-14(13)22(18)16-11-21(24)23-17-12-20(27-3)19(26-2)10-15(16)17/h4-10,12,16H,11H2,1-3H3,(H,23,24). The molecule has 0 saturated carbocycles. The summed E-state index contributed by atoms with van der Waals surface area (Å²) in [7, 11) is 4.85. The van der Waals surface area contributed by atoms with Crippen molar-refractivity contribution in [2.24, 2.45) is 0 Å². The maximum Gasteiger partial charge on any atom is 0.225 e. The van der Waals surface area contributed by atoms with E-state index < -0.39 is 0 Å². The highest BCUT2D eigenvalue weighted by Gasteiger charge is 2.31. The highest BCUT2D eigenvalue weighted by Crippen LogP contribution is 2.47. The van der Waals surface area contributed by atoms with Gasteiger partial charge in [-0.2, -0.15) is 0 Å². The summed E-state index contributed by atoms with van der Waals surface area (Å²) in [6, 6.07) is 15.9. The molecule has 3 aromatic rings. The molecule has 1 aliphatic heterocycles.